The molecule has 0 saturated carbocycles. The molecule has 0 radical (unpaired) electrons. The molecule has 4 rings (SSSR count). The molecular formula is C17H14F3N5O4. The summed E-state index contributed by atoms with van der Waals surface area (Å²) in [6, 6.07) is 4.15. The third-order valence-corrected chi connectivity index (χ3v) is 4.19. The molecule has 1 aliphatic heterocycles. The molecule has 29 heavy (non-hydrogen) atoms. The number of nitrogens with zero attached hydrogens (tertiary/aromatic N) is 4. The zero-order chi connectivity index (χ0) is 20.4. The summed E-state index contributed by atoms with van der Waals surface area (Å²) in [7, 11) is 0. The van der Waals surface area contributed by atoms with Crippen LogP contribution in [0.15, 0.2) is 41.3 Å². The molecule has 3 aromatic heterocycles. The first-order valence-electron chi connectivity index (χ1n) is 8.45. The smallest absolute Gasteiger partial charge is 0.482 e. The molecule has 1 saturated heterocycles. The summed E-state index contributed by atoms with van der Waals surface area (Å²) in [4.78, 5) is 21.6. The fourth-order valence-electron chi connectivity index (χ4n) is 2.75. The summed E-state index contributed by atoms with van der Waals surface area (Å²) in [5.74, 6) is -0.304. The van der Waals surface area contributed by atoms with Crippen LogP contribution in [-0.4, -0.2) is 50.4 Å². The Labute approximate surface area is 161 Å². The third-order valence-electron chi connectivity index (χ3n) is 4.19. The molecule has 12 heteroatoms. The number of halogens is 3. The number of carbonyl (C=O) groups excluding carboxylic acids is 1. The molecule has 1 fully saturated rings. The average Bonchev–Trinajstić information content (AvgIpc) is 3.30. The number of alkyl halides is 3. The molecule has 0 aromatic carbocycles. The minimum Gasteiger partial charge on any atom is -0.482 e. The van der Waals surface area contributed by atoms with Crippen LogP contribution in [0.3, 0.4) is 0 Å². The fourth-order valence-corrected chi connectivity index (χ4v) is 2.75. The van der Waals surface area contributed by atoms with Crippen molar-refractivity contribution in [3.8, 4) is 11.6 Å². The number of rotatable bonds is 6. The molecular weight excluding hydrogens is 395 g/mol. The SMILES string of the molecule is O=C(c1coc(COc2ccc(OC(F)(F)F)nc2)n1)N1CC(c2ccn[nH]2)C1. The lowest BCUT2D eigenvalue weighted by Crippen LogP contribution is -2.48. The molecule has 4 heterocycles. The van der Waals surface area contributed by atoms with Crippen molar-refractivity contribution < 1.29 is 31.9 Å². The maximum Gasteiger partial charge on any atom is 0.574 e. The highest BCUT2D eigenvalue weighted by Crippen LogP contribution is 2.27. The molecule has 0 atom stereocenters. The van der Waals surface area contributed by atoms with Gasteiger partial charge in [-0.2, -0.15) is 5.10 Å². The van der Waals surface area contributed by atoms with Crippen LogP contribution in [0, 0.1) is 0 Å². The van der Waals surface area contributed by atoms with Crippen LogP contribution >= 0.6 is 0 Å². The molecule has 152 valence electrons. The van der Waals surface area contributed by atoms with Crippen molar-refractivity contribution in [2.75, 3.05) is 13.1 Å². The predicted octanol–water partition coefficient (Wildman–Crippen LogP) is 2.51. The Balaban J connectivity index is 1.28. The zero-order valence-corrected chi connectivity index (χ0v) is 14.7. The number of hydrogen-bond donors (Lipinski definition) is 1. The number of hydrogen-bond acceptors (Lipinski definition) is 7. The van der Waals surface area contributed by atoms with E-state index in [9.17, 15) is 18.0 Å². The first kappa shape index (κ1) is 18.8. The largest absolute Gasteiger partial charge is 0.574 e. The fraction of sp³-hybridized carbons (Fsp3) is 0.294. The molecule has 9 nitrogen and oxygen atoms in total. The van der Waals surface area contributed by atoms with E-state index in [4.69, 9.17) is 9.15 Å². The second kappa shape index (κ2) is 7.45. The lowest BCUT2D eigenvalue weighted by molar-refractivity contribution is -0.276. The van der Waals surface area contributed by atoms with Gasteiger partial charge in [-0.25, -0.2) is 9.97 Å². The summed E-state index contributed by atoms with van der Waals surface area (Å²) >= 11 is 0. The van der Waals surface area contributed by atoms with Crippen molar-refractivity contribution in [1.29, 1.82) is 0 Å². The minimum atomic E-state index is -4.81. The van der Waals surface area contributed by atoms with E-state index in [1.54, 1.807) is 11.1 Å². The second-order valence-electron chi connectivity index (χ2n) is 6.21. The average molecular weight is 409 g/mol. The van der Waals surface area contributed by atoms with Gasteiger partial charge in [0.25, 0.3) is 5.91 Å². The lowest BCUT2D eigenvalue weighted by Gasteiger charge is -2.38. The quantitative estimate of drug-likeness (QED) is 0.667. The third kappa shape index (κ3) is 4.47. The van der Waals surface area contributed by atoms with Crippen molar-refractivity contribution in [2.45, 2.75) is 18.9 Å². The molecule has 0 bridgehead atoms. The molecule has 0 unspecified atom stereocenters. The molecule has 0 aliphatic carbocycles. The number of ether oxygens (including phenoxy) is 2. The Hall–Kier alpha value is -3.57. The van der Waals surface area contributed by atoms with Crippen molar-refractivity contribution in [3.63, 3.8) is 0 Å². The van der Waals surface area contributed by atoms with Gasteiger partial charge in [-0.15, -0.1) is 13.2 Å². The first-order valence-corrected chi connectivity index (χ1v) is 8.45. The maximum atomic E-state index is 12.4. The van der Waals surface area contributed by atoms with Crippen LogP contribution in [0.25, 0.3) is 0 Å². The Kier molecular flexibility index (Phi) is 4.82. The summed E-state index contributed by atoms with van der Waals surface area (Å²) in [6.45, 7) is 0.987. The number of H-pyrrole nitrogens is 1. The van der Waals surface area contributed by atoms with Crippen molar-refractivity contribution in [2.24, 2.45) is 0 Å². The van der Waals surface area contributed by atoms with E-state index in [-0.39, 0.29) is 35.8 Å². The normalized spacial score (nSPS) is 14.5. The van der Waals surface area contributed by atoms with E-state index in [0.717, 1.165) is 18.0 Å². The van der Waals surface area contributed by atoms with Gasteiger partial charge in [-0.05, 0) is 12.1 Å². The van der Waals surface area contributed by atoms with Crippen LogP contribution in [0.2, 0.25) is 0 Å². The van der Waals surface area contributed by atoms with Crippen molar-refractivity contribution >= 4 is 5.91 Å². The van der Waals surface area contributed by atoms with Gasteiger partial charge >= 0.3 is 6.36 Å². The highest BCUT2D eigenvalue weighted by atomic mass is 19.4. The van der Waals surface area contributed by atoms with Crippen molar-refractivity contribution in [1.82, 2.24) is 25.1 Å². The summed E-state index contributed by atoms with van der Waals surface area (Å²) in [6.07, 6.45) is -0.837. The van der Waals surface area contributed by atoms with Gasteiger partial charge in [0.05, 0.1) is 6.20 Å². The van der Waals surface area contributed by atoms with E-state index < -0.39 is 12.2 Å². The van der Waals surface area contributed by atoms with Gasteiger partial charge < -0.3 is 18.8 Å². The number of amides is 1. The Morgan fingerprint density at radius 2 is 2.14 bits per heavy atom. The number of likely N-dealkylation sites (tertiary alicyclic amines) is 1. The van der Waals surface area contributed by atoms with Gasteiger partial charge in [-0.1, -0.05) is 0 Å². The monoisotopic (exact) mass is 409 g/mol. The van der Waals surface area contributed by atoms with E-state index in [1.807, 2.05) is 6.07 Å². The standard InChI is InChI=1S/C17H14F3N5O4/c18-17(19,20)29-14-2-1-11(5-21-14)27-9-15-23-13(8-28-15)16(26)25-6-10(7-25)12-3-4-22-24-12/h1-5,8,10H,6-7,9H2,(H,22,24). The zero-order valence-electron chi connectivity index (χ0n) is 14.7. The number of nitrogens with one attached hydrogen (secondary N) is 1. The van der Waals surface area contributed by atoms with E-state index >= 15 is 0 Å². The van der Waals surface area contributed by atoms with E-state index in [1.165, 1.54) is 12.3 Å². The summed E-state index contributed by atoms with van der Waals surface area (Å²) in [5.41, 5.74) is 1.13. The Morgan fingerprint density at radius 3 is 2.79 bits per heavy atom. The van der Waals surface area contributed by atoms with Crippen LogP contribution in [0.1, 0.15) is 28.0 Å². The molecule has 1 amide bonds. The Morgan fingerprint density at radius 1 is 1.31 bits per heavy atom. The van der Waals surface area contributed by atoms with Crippen LogP contribution in [-0.2, 0) is 6.61 Å². The van der Waals surface area contributed by atoms with E-state index in [0.29, 0.717) is 13.1 Å². The molecule has 0 spiro atoms. The maximum absolute atomic E-state index is 12.4. The Bertz CT molecular complexity index is 966. The molecule has 3 aromatic rings. The van der Waals surface area contributed by atoms with Gasteiger partial charge in [0, 0.05) is 37.0 Å². The van der Waals surface area contributed by atoms with Gasteiger partial charge in [0.1, 0.15) is 12.0 Å². The van der Waals surface area contributed by atoms with Gasteiger partial charge in [-0.3, -0.25) is 9.89 Å². The minimum absolute atomic E-state index is 0.120. The molecule has 1 N–H and O–H groups in total. The predicted molar refractivity (Wildman–Crippen MR) is 89.0 cm³/mol. The van der Waals surface area contributed by atoms with Crippen LogP contribution in [0.4, 0.5) is 13.2 Å². The highest BCUT2D eigenvalue weighted by Gasteiger charge is 2.34. The van der Waals surface area contributed by atoms with Crippen LogP contribution in [0.5, 0.6) is 11.6 Å². The van der Waals surface area contributed by atoms with Crippen molar-refractivity contribution in [3.05, 3.63) is 54.1 Å². The summed E-state index contributed by atoms with van der Waals surface area (Å²) < 4.78 is 50.6. The first-order chi connectivity index (χ1) is 13.9. The second-order valence-corrected chi connectivity index (χ2v) is 6.21. The number of aromatic amines is 1. The van der Waals surface area contributed by atoms with Crippen LogP contribution < -0.4 is 9.47 Å². The number of pyridine rings is 1. The number of carbonyl (C=O) groups is 1. The van der Waals surface area contributed by atoms with Gasteiger partial charge in [0.15, 0.2) is 12.3 Å². The van der Waals surface area contributed by atoms with E-state index in [2.05, 4.69) is 24.9 Å². The number of aromatic nitrogens is 4. The van der Waals surface area contributed by atoms with Gasteiger partial charge in [0.2, 0.25) is 11.8 Å². The topological polar surface area (TPSA) is 106 Å². The highest BCUT2D eigenvalue weighted by molar-refractivity contribution is 5.92. The lowest BCUT2D eigenvalue weighted by atomic mass is 9.96. The summed E-state index contributed by atoms with van der Waals surface area (Å²) in [5, 5.41) is 6.77. The molecule has 1 aliphatic rings. The number of oxazole rings is 1.